The lowest BCUT2D eigenvalue weighted by molar-refractivity contribution is -0.155. The number of amides is 2. The Morgan fingerprint density at radius 1 is 1.15 bits per heavy atom. The molecule has 6 nitrogen and oxygen atoms in total. The van der Waals surface area contributed by atoms with Crippen molar-refractivity contribution in [2.75, 3.05) is 23.5 Å². The number of para-hydroxylation sites is 1. The summed E-state index contributed by atoms with van der Waals surface area (Å²) in [5.74, 6) is -0.261. The van der Waals surface area contributed by atoms with Gasteiger partial charge in [-0.25, -0.2) is 0 Å². The first-order valence-electron chi connectivity index (χ1n) is 8.55. The third kappa shape index (κ3) is 4.89. The van der Waals surface area contributed by atoms with Gasteiger partial charge in [0.05, 0.1) is 11.6 Å². The fourth-order valence-electron chi connectivity index (χ4n) is 2.68. The molecule has 140 valence electrons. The van der Waals surface area contributed by atoms with Crippen LogP contribution in [0.3, 0.4) is 0 Å². The van der Waals surface area contributed by atoms with Crippen molar-refractivity contribution < 1.29 is 19.1 Å². The Hall–Kier alpha value is -2.80. The number of hydrogen-bond donors (Lipinski definition) is 1. The Bertz CT molecular complexity index is 841. The van der Waals surface area contributed by atoms with Crippen molar-refractivity contribution in [3.05, 3.63) is 54.6 Å². The van der Waals surface area contributed by atoms with Crippen LogP contribution < -0.4 is 5.32 Å². The third-order valence-electron chi connectivity index (χ3n) is 4.09. The van der Waals surface area contributed by atoms with Crippen molar-refractivity contribution in [2.45, 2.75) is 13.0 Å². The van der Waals surface area contributed by atoms with E-state index >= 15 is 0 Å². The maximum atomic E-state index is 12.5. The van der Waals surface area contributed by atoms with Gasteiger partial charge in [-0.3, -0.25) is 14.4 Å². The zero-order valence-corrected chi connectivity index (χ0v) is 15.7. The number of rotatable bonds is 6. The van der Waals surface area contributed by atoms with E-state index in [0.717, 1.165) is 11.1 Å². The van der Waals surface area contributed by atoms with Crippen LogP contribution >= 0.6 is 11.8 Å². The number of esters is 1. The molecule has 1 fully saturated rings. The molecule has 27 heavy (non-hydrogen) atoms. The van der Waals surface area contributed by atoms with Crippen LogP contribution in [0.1, 0.15) is 6.92 Å². The van der Waals surface area contributed by atoms with Crippen LogP contribution in [0.2, 0.25) is 0 Å². The Labute approximate surface area is 161 Å². The van der Waals surface area contributed by atoms with Gasteiger partial charge in [0, 0.05) is 11.3 Å². The first kappa shape index (κ1) is 19.0. The summed E-state index contributed by atoms with van der Waals surface area (Å²) in [6, 6.07) is 17.1. The molecule has 1 saturated heterocycles. The highest BCUT2D eigenvalue weighted by atomic mass is 32.2. The number of anilines is 1. The van der Waals surface area contributed by atoms with Gasteiger partial charge in [-0.15, -0.1) is 11.8 Å². The molecule has 0 saturated carbocycles. The van der Waals surface area contributed by atoms with Crippen LogP contribution in [0.4, 0.5) is 5.69 Å². The summed E-state index contributed by atoms with van der Waals surface area (Å²) in [6.45, 7) is 1.38. The van der Waals surface area contributed by atoms with Gasteiger partial charge < -0.3 is 15.0 Å². The maximum Gasteiger partial charge on any atom is 0.326 e. The van der Waals surface area contributed by atoms with Crippen LogP contribution in [-0.4, -0.2) is 47.0 Å². The van der Waals surface area contributed by atoms with Gasteiger partial charge in [-0.2, -0.15) is 0 Å². The molecule has 0 spiro atoms. The minimum Gasteiger partial charge on any atom is -0.451 e. The van der Waals surface area contributed by atoms with E-state index in [0.29, 0.717) is 17.3 Å². The predicted octanol–water partition coefficient (Wildman–Crippen LogP) is 2.76. The summed E-state index contributed by atoms with van der Waals surface area (Å²) in [6.07, 6.45) is -0.966. The number of carbonyl (C=O) groups is 3. The van der Waals surface area contributed by atoms with Crippen molar-refractivity contribution in [1.29, 1.82) is 0 Å². The summed E-state index contributed by atoms with van der Waals surface area (Å²) >= 11 is 1.45. The van der Waals surface area contributed by atoms with E-state index in [2.05, 4.69) is 5.32 Å². The molecular weight excluding hydrogens is 364 g/mol. The number of carbonyl (C=O) groups excluding carboxylic acids is 3. The summed E-state index contributed by atoms with van der Waals surface area (Å²) < 4.78 is 5.19. The zero-order valence-electron chi connectivity index (χ0n) is 14.9. The quantitative estimate of drug-likeness (QED) is 0.775. The SMILES string of the molecule is C[C@H](OC(=O)CN1CSCC1=O)C(=O)Nc1ccccc1-c1ccccc1. The summed E-state index contributed by atoms with van der Waals surface area (Å²) in [5, 5.41) is 2.82. The predicted molar refractivity (Wildman–Crippen MR) is 105 cm³/mol. The Morgan fingerprint density at radius 3 is 2.56 bits per heavy atom. The van der Waals surface area contributed by atoms with Crippen LogP contribution in [0.25, 0.3) is 11.1 Å². The fraction of sp³-hybridized carbons (Fsp3) is 0.250. The highest BCUT2D eigenvalue weighted by molar-refractivity contribution is 8.00. The summed E-state index contributed by atoms with van der Waals surface area (Å²) in [5.41, 5.74) is 2.50. The minimum atomic E-state index is -0.966. The van der Waals surface area contributed by atoms with E-state index in [-0.39, 0.29) is 12.5 Å². The normalized spacial score (nSPS) is 14.7. The molecule has 1 atom stereocenters. The topological polar surface area (TPSA) is 75.7 Å². The van der Waals surface area contributed by atoms with E-state index in [1.807, 2.05) is 48.5 Å². The van der Waals surface area contributed by atoms with Crippen LogP contribution in [0, 0.1) is 0 Å². The fourth-order valence-corrected chi connectivity index (χ4v) is 3.58. The first-order valence-corrected chi connectivity index (χ1v) is 9.70. The Kier molecular flexibility index (Phi) is 6.13. The van der Waals surface area contributed by atoms with E-state index in [9.17, 15) is 14.4 Å². The zero-order chi connectivity index (χ0) is 19.2. The van der Waals surface area contributed by atoms with E-state index < -0.39 is 18.0 Å². The molecule has 0 unspecified atom stereocenters. The summed E-state index contributed by atoms with van der Waals surface area (Å²) in [7, 11) is 0. The van der Waals surface area contributed by atoms with Gasteiger partial charge >= 0.3 is 5.97 Å². The lowest BCUT2D eigenvalue weighted by Gasteiger charge is -2.18. The van der Waals surface area contributed by atoms with E-state index in [4.69, 9.17) is 4.74 Å². The maximum absolute atomic E-state index is 12.5. The highest BCUT2D eigenvalue weighted by Crippen LogP contribution is 2.27. The molecule has 0 radical (unpaired) electrons. The summed E-state index contributed by atoms with van der Waals surface area (Å²) in [4.78, 5) is 37.4. The van der Waals surface area contributed by atoms with Crippen LogP contribution in [-0.2, 0) is 19.1 Å². The van der Waals surface area contributed by atoms with E-state index in [1.165, 1.54) is 23.6 Å². The largest absolute Gasteiger partial charge is 0.451 e. The van der Waals surface area contributed by atoms with Gasteiger partial charge in [0.2, 0.25) is 5.91 Å². The van der Waals surface area contributed by atoms with Crippen molar-refractivity contribution in [3.63, 3.8) is 0 Å². The van der Waals surface area contributed by atoms with Gasteiger partial charge in [-0.1, -0.05) is 48.5 Å². The second kappa shape index (κ2) is 8.73. The number of benzene rings is 2. The average Bonchev–Trinajstić information content (AvgIpc) is 3.07. The number of hydrogen-bond acceptors (Lipinski definition) is 5. The highest BCUT2D eigenvalue weighted by Gasteiger charge is 2.26. The van der Waals surface area contributed by atoms with Gasteiger partial charge in [0.25, 0.3) is 5.91 Å². The van der Waals surface area contributed by atoms with Crippen molar-refractivity contribution >= 4 is 35.2 Å². The number of thioether (sulfide) groups is 1. The monoisotopic (exact) mass is 384 g/mol. The molecule has 2 aromatic carbocycles. The van der Waals surface area contributed by atoms with Gasteiger partial charge in [0.1, 0.15) is 6.54 Å². The minimum absolute atomic E-state index is 0.0918. The molecule has 3 rings (SSSR count). The van der Waals surface area contributed by atoms with Gasteiger partial charge in [-0.05, 0) is 18.6 Å². The second-order valence-electron chi connectivity index (χ2n) is 6.10. The molecule has 1 aliphatic heterocycles. The van der Waals surface area contributed by atoms with E-state index in [1.54, 1.807) is 6.07 Å². The third-order valence-corrected chi connectivity index (χ3v) is 5.04. The molecule has 0 bridgehead atoms. The molecule has 7 heteroatoms. The molecule has 1 heterocycles. The van der Waals surface area contributed by atoms with Crippen LogP contribution in [0.5, 0.6) is 0 Å². The second-order valence-corrected chi connectivity index (χ2v) is 7.06. The molecular formula is C20H20N2O4S. The molecule has 1 N–H and O–H groups in total. The number of nitrogens with one attached hydrogen (secondary N) is 1. The number of nitrogens with zero attached hydrogens (tertiary/aromatic N) is 1. The molecule has 0 aliphatic carbocycles. The van der Waals surface area contributed by atoms with Crippen molar-refractivity contribution in [2.24, 2.45) is 0 Å². The lowest BCUT2D eigenvalue weighted by atomic mass is 10.0. The molecule has 1 aliphatic rings. The van der Waals surface area contributed by atoms with Crippen molar-refractivity contribution in [1.82, 2.24) is 4.90 Å². The molecule has 0 aromatic heterocycles. The lowest BCUT2D eigenvalue weighted by Crippen LogP contribution is -2.36. The van der Waals surface area contributed by atoms with Crippen LogP contribution in [0.15, 0.2) is 54.6 Å². The standard InChI is InChI=1S/C20H20N2O4S/c1-14(26-19(24)11-22-13-27-12-18(22)23)20(25)21-17-10-6-5-9-16(17)15-7-3-2-4-8-15/h2-10,14H,11-13H2,1H3,(H,21,25)/t14-/m0/s1. The van der Waals surface area contributed by atoms with Gasteiger partial charge in [0.15, 0.2) is 6.10 Å². The smallest absolute Gasteiger partial charge is 0.326 e. The Morgan fingerprint density at radius 2 is 1.85 bits per heavy atom. The average molecular weight is 384 g/mol. The molecule has 2 amide bonds. The molecule has 2 aromatic rings. The number of ether oxygens (including phenoxy) is 1. The first-order chi connectivity index (χ1) is 13.0. The Balaban J connectivity index is 1.62. The van der Waals surface area contributed by atoms with Crippen molar-refractivity contribution in [3.8, 4) is 11.1 Å².